The van der Waals surface area contributed by atoms with Crippen molar-refractivity contribution in [1.82, 2.24) is 4.90 Å². The first-order valence-electron chi connectivity index (χ1n) is 16.2. The Bertz CT molecular complexity index is 1690. The highest BCUT2D eigenvalue weighted by Crippen LogP contribution is 2.44. The Morgan fingerprint density at radius 1 is 0.700 bits per heavy atom. The second-order valence-electron chi connectivity index (χ2n) is 11.4. The van der Waals surface area contributed by atoms with Crippen molar-refractivity contribution in [1.29, 1.82) is 0 Å². The van der Waals surface area contributed by atoms with Gasteiger partial charge in [-0.25, -0.2) is 9.59 Å². The summed E-state index contributed by atoms with van der Waals surface area (Å²) < 4.78 is 66.7. The van der Waals surface area contributed by atoms with Crippen LogP contribution >= 0.6 is 0 Å². The fraction of sp³-hybridized carbons (Fsp3) is 0.316. The lowest BCUT2D eigenvalue weighted by Crippen LogP contribution is -2.32. The van der Waals surface area contributed by atoms with Crippen LogP contribution < -0.4 is 5.32 Å². The average molecular weight is 693 g/mol. The summed E-state index contributed by atoms with van der Waals surface area (Å²) in [6.45, 7) is 2.32. The molecular weight excluding hydrogens is 653 g/mol. The number of carbonyl (C=O) groups is 2. The van der Waals surface area contributed by atoms with Gasteiger partial charge in [0.25, 0.3) is 0 Å². The molecule has 1 N–H and O–H groups in total. The molecule has 1 aliphatic rings. The van der Waals surface area contributed by atoms with E-state index in [1.54, 1.807) is 25.2 Å². The molecule has 0 unspecified atom stereocenters. The van der Waals surface area contributed by atoms with Gasteiger partial charge in [-0.3, -0.25) is 0 Å². The predicted molar refractivity (Wildman–Crippen MR) is 182 cm³/mol. The third kappa shape index (κ3) is 9.84. The Morgan fingerprint density at radius 2 is 1.28 bits per heavy atom. The Labute approximate surface area is 288 Å². The van der Waals surface area contributed by atoms with Crippen molar-refractivity contribution in [3.05, 3.63) is 119 Å². The summed E-state index contributed by atoms with van der Waals surface area (Å²) in [7, 11) is 1.67. The Hall–Kier alpha value is -4.91. The van der Waals surface area contributed by atoms with Crippen LogP contribution in [0.5, 0.6) is 0 Å². The Morgan fingerprint density at radius 3 is 1.94 bits per heavy atom. The van der Waals surface area contributed by atoms with Crippen LogP contribution in [-0.2, 0) is 29.9 Å². The summed E-state index contributed by atoms with van der Waals surface area (Å²) in [5.41, 5.74) is 4.56. The summed E-state index contributed by atoms with van der Waals surface area (Å²) >= 11 is 0. The summed E-state index contributed by atoms with van der Waals surface area (Å²) in [5.74, 6) is -0.637. The highest BCUT2D eigenvalue weighted by Gasteiger charge is 2.31. The maximum Gasteiger partial charge on any atom is 0.416 e. The molecule has 1 aliphatic carbocycles. The minimum atomic E-state index is -4.48. The van der Waals surface area contributed by atoms with Crippen LogP contribution in [0.3, 0.4) is 0 Å². The molecule has 5 rings (SSSR count). The zero-order valence-corrected chi connectivity index (χ0v) is 27.6. The quantitative estimate of drug-likeness (QED) is 0.0897. The van der Waals surface area contributed by atoms with Gasteiger partial charge in [0.15, 0.2) is 0 Å². The number of ether oxygens (including phenoxy) is 5. The molecule has 9 nitrogen and oxygen atoms in total. The molecule has 50 heavy (non-hydrogen) atoms. The molecule has 0 aromatic heterocycles. The molecule has 0 heterocycles. The normalized spacial score (nSPS) is 12.2. The maximum absolute atomic E-state index is 13.1. The zero-order chi connectivity index (χ0) is 35.3. The maximum atomic E-state index is 13.1. The molecule has 0 spiro atoms. The van der Waals surface area contributed by atoms with Crippen molar-refractivity contribution < 1.29 is 46.4 Å². The van der Waals surface area contributed by atoms with Crippen molar-refractivity contribution in [2.24, 2.45) is 0 Å². The third-order valence-corrected chi connectivity index (χ3v) is 8.04. The van der Waals surface area contributed by atoms with Crippen LogP contribution in [-0.4, -0.2) is 83.4 Å². The van der Waals surface area contributed by atoms with E-state index in [2.05, 4.69) is 29.6 Å². The molecule has 4 aromatic carbocycles. The van der Waals surface area contributed by atoms with Crippen LogP contribution in [0, 0.1) is 0 Å². The number of para-hydroxylation sites is 1. The van der Waals surface area contributed by atoms with Crippen LogP contribution in [0.1, 0.15) is 33.0 Å². The molecule has 0 aliphatic heterocycles. The van der Waals surface area contributed by atoms with E-state index in [1.807, 2.05) is 24.3 Å². The van der Waals surface area contributed by atoms with Gasteiger partial charge < -0.3 is 33.9 Å². The topological polar surface area (TPSA) is 95.6 Å². The van der Waals surface area contributed by atoms with Crippen LogP contribution in [0.15, 0.2) is 97.1 Å². The Kier molecular flexibility index (Phi) is 12.8. The van der Waals surface area contributed by atoms with E-state index in [0.29, 0.717) is 38.7 Å². The first-order chi connectivity index (χ1) is 24.2. The van der Waals surface area contributed by atoms with Gasteiger partial charge in [-0.1, -0.05) is 66.7 Å². The number of hydrogen-bond donors (Lipinski definition) is 1. The minimum absolute atomic E-state index is 0.00109. The van der Waals surface area contributed by atoms with E-state index in [-0.39, 0.29) is 43.6 Å². The fourth-order valence-electron chi connectivity index (χ4n) is 5.51. The number of esters is 1. The van der Waals surface area contributed by atoms with E-state index >= 15 is 0 Å². The standard InChI is InChI=1S/C38H39F3N2O7/c1-43(37(45)50-26-34-31-13-4-2-11-29(31)30-12-3-5-14-32(30)34)17-18-46-19-20-47-21-22-48-23-24-49-36(44)33-15-6-7-16-35(33)42-28-10-8-9-27(25-28)38(39,40)41/h2-16,25,34,42H,17-24,26H2,1H3. The number of nitrogens with one attached hydrogen (secondary N) is 1. The number of carbonyl (C=O) groups excluding carboxylic acids is 2. The molecule has 0 saturated carbocycles. The van der Waals surface area contributed by atoms with E-state index in [0.717, 1.165) is 23.3 Å². The van der Waals surface area contributed by atoms with E-state index in [9.17, 15) is 22.8 Å². The molecule has 0 atom stereocenters. The number of alkyl halides is 3. The van der Waals surface area contributed by atoms with Crippen LogP contribution in [0.4, 0.5) is 29.3 Å². The number of fused-ring (bicyclic) bond motifs is 3. The number of benzene rings is 4. The molecule has 12 heteroatoms. The van der Waals surface area contributed by atoms with Gasteiger partial charge in [0.2, 0.25) is 0 Å². The SMILES string of the molecule is CN(CCOCCOCCOCCOC(=O)c1ccccc1Nc1cccc(C(F)(F)F)c1)C(=O)OCC1c2ccccc2-c2ccccc21. The first kappa shape index (κ1) is 36.4. The number of likely N-dealkylation sites (N-methyl/N-ethyl adjacent to an activating group) is 1. The highest BCUT2D eigenvalue weighted by atomic mass is 19.4. The number of amides is 1. The molecule has 264 valence electrons. The van der Waals surface area contributed by atoms with Gasteiger partial charge in [-0.2, -0.15) is 13.2 Å². The van der Waals surface area contributed by atoms with Crippen molar-refractivity contribution in [2.75, 3.05) is 71.8 Å². The zero-order valence-electron chi connectivity index (χ0n) is 27.6. The van der Waals surface area contributed by atoms with Gasteiger partial charge >= 0.3 is 18.2 Å². The first-order valence-corrected chi connectivity index (χ1v) is 16.2. The number of nitrogens with zero attached hydrogens (tertiary/aromatic N) is 1. The number of halogens is 3. The van der Waals surface area contributed by atoms with Crippen molar-refractivity contribution >= 4 is 23.4 Å². The van der Waals surface area contributed by atoms with Gasteiger partial charge in [0.1, 0.15) is 13.2 Å². The van der Waals surface area contributed by atoms with E-state index in [4.69, 9.17) is 23.7 Å². The van der Waals surface area contributed by atoms with E-state index in [1.165, 1.54) is 34.2 Å². The highest BCUT2D eigenvalue weighted by molar-refractivity contribution is 5.96. The monoisotopic (exact) mass is 692 g/mol. The Balaban J connectivity index is 0.895. The molecule has 4 aromatic rings. The third-order valence-electron chi connectivity index (χ3n) is 8.04. The van der Waals surface area contributed by atoms with Gasteiger partial charge in [0.05, 0.1) is 56.5 Å². The lowest BCUT2D eigenvalue weighted by atomic mass is 9.98. The molecule has 0 fully saturated rings. The molecule has 1 amide bonds. The van der Waals surface area contributed by atoms with Crippen molar-refractivity contribution in [2.45, 2.75) is 12.1 Å². The molecular formula is C38H39F3N2O7. The lowest BCUT2D eigenvalue weighted by molar-refractivity contribution is -0.137. The second-order valence-corrected chi connectivity index (χ2v) is 11.4. The number of anilines is 2. The smallest absolute Gasteiger partial charge is 0.416 e. The largest absolute Gasteiger partial charge is 0.460 e. The van der Waals surface area contributed by atoms with Crippen LogP contribution in [0.25, 0.3) is 11.1 Å². The molecule has 0 radical (unpaired) electrons. The minimum Gasteiger partial charge on any atom is -0.460 e. The van der Waals surface area contributed by atoms with Crippen LogP contribution in [0.2, 0.25) is 0 Å². The molecule has 0 bridgehead atoms. The average Bonchev–Trinajstić information content (AvgIpc) is 3.44. The van der Waals surface area contributed by atoms with Crippen molar-refractivity contribution in [3.63, 3.8) is 0 Å². The predicted octanol–water partition coefficient (Wildman–Crippen LogP) is 7.54. The lowest BCUT2D eigenvalue weighted by Gasteiger charge is -2.19. The second kappa shape index (κ2) is 17.7. The summed E-state index contributed by atoms with van der Waals surface area (Å²) in [6, 6.07) is 27.5. The van der Waals surface area contributed by atoms with Crippen molar-refractivity contribution in [3.8, 4) is 11.1 Å². The molecule has 0 saturated heterocycles. The van der Waals surface area contributed by atoms with Gasteiger partial charge in [-0.15, -0.1) is 0 Å². The van der Waals surface area contributed by atoms with Gasteiger partial charge in [0, 0.05) is 25.2 Å². The summed E-state index contributed by atoms with van der Waals surface area (Å²) in [5, 5.41) is 2.86. The number of rotatable bonds is 17. The number of hydrogen-bond acceptors (Lipinski definition) is 8. The fourth-order valence-corrected chi connectivity index (χ4v) is 5.51. The van der Waals surface area contributed by atoms with Gasteiger partial charge in [-0.05, 0) is 52.6 Å². The van der Waals surface area contributed by atoms with E-state index < -0.39 is 23.8 Å². The summed E-state index contributed by atoms with van der Waals surface area (Å²) in [4.78, 5) is 26.7. The summed E-state index contributed by atoms with van der Waals surface area (Å²) in [6.07, 6.45) is -4.89.